The summed E-state index contributed by atoms with van der Waals surface area (Å²) in [6.45, 7) is 0.184. The molecule has 0 radical (unpaired) electrons. The second kappa shape index (κ2) is 6.39. The predicted molar refractivity (Wildman–Crippen MR) is 76.5 cm³/mol. The van der Waals surface area contributed by atoms with Crippen molar-refractivity contribution in [2.75, 3.05) is 7.11 Å². The van der Waals surface area contributed by atoms with E-state index < -0.39 is 11.7 Å². The van der Waals surface area contributed by atoms with Gasteiger partial charge >= 0.3 is 6.18 Å². The van der Waals surface area contributed by atoms with Crippen LogP contribution in [-0.2, 0) is 12.8 Å². The van der Waals surface area contributed by atoms with Gasteiger partial charge in [-0.1, -0.05) is 12.1 Å². The molecule has 0 amide bonds. The highest BCUT2D eigenvalue weighted by Gasteiger charge is 2.29. The van der Waals surface area contributed by atoms with E-state index in [-0.39, 0.29) is 6.61 Å². The summed E-state index contributed by atoms with van der Waals surface area (Å²) in [5.41, 5.74) is -0.0115. The van der Waals surface area contributed by atoms with Crippen molar-refractivity contribution in [3.8, 4) is 11.5 Å². The third-order valence-corrected chi connectivity index (χ3v) is 3.43. The SMILES string of the molecule is COc1ccc(OCc2ccc(C(F)(F)F)cc2)c(Br)c1. The molecule has 0 N–H and O–H groups in total. The first kappa shape index (κ1) is 15.7. The maximum atomic E-state index is 12.4. The fraction of sp³-hybridized carbons (Fsp3) is 0.200. The van der Waals surface area contributed by atoms with Gasteiger partial charge in [-0.3, -0.25) is 0 Å². The van der Waals surface area contributed by atoms with E-state index in [4.69, 9.17) is 9.47 Å². The van der Waals surface area contributed by atoms with Gasteiger partial charge < -0.3 is 9.47 Å². The van der Waals surface area contributed by atoms with Crippen molar-refractivity contribution in [3.63, 3.8) is 0 Å². The van der Waals surface area contributed by atoms with Crippen LogP contribution in [-0.4, -0.2) is 7.11 Å². The molecular weight excluding hydrogens is 349 g/mol. The number of hydrogen-bond acceptors (Lipinski definition) is 2. The van der Waals surface area contributed by atoms with Crippen LogP contribution >= 0.6 is 15.9 Å². The first-order chi connectivity index (χ1) is 9.90. The number of rotatable bonds is 4. The van der Waals surface area contributed by atoms with Crippen LogP contribution in [0, 0.1) is 0 Å². The van der Waals surface area contributed by atoms with Gasteiger partial charge in [-0.15, -0.1) is 0 Å². The summed E-state index contributed by atoms with van der Waals surface area (Å²) in [6, 6.07) is 10.1. The Hall–Kier alpha value is -1.69. The van der Waals surface area contributed by atoms with Gasteiger partial charge in [-0.25, -0.2) is 0 Å². The second-order valence-corrected chi connectivity index (χ2v) is 5.13. The van der Waals surface area contributed by atoms with Gasteiger partial charge in [0.05, 0.1) is 17.1 Å². The van der Waals surface area contributed by atoms with Crippen LogP contribution in [0.1, 0.15) is 11.1 Å². The van der Waals surface area contributed by atoms with Crippen molar-refractivity contribution in [3.05, 3.63) is 58.1 Å². The zero-order chi connectivity index (χ0) is 15.5. The molecular formula is C15H12BrF3O2. The van der Waals surface area contributed by atoms with Crippen molar-refractivity contribution in [2.24, 2.45) is 0 Å². The quantitative estimate of drug-likeness (QED) is 0.758. The topological polar surface area (TPSA) is 18.5 Å². The third-order valence-electron chi connectivity index (χ3n) is 2.81. The average molecular weight is 361 g/mol. The van der Waals surface area contributed by atoms with E-state index in [9.17, 15) is 13.2 Å². The lowest BCUT2D eigenvalue weighted by Gasteiger charge is -2.11. The van der Waals surface area contributed by atoms with Crippen molar-refractivity contribution >= 4 is 15.9 Å². The van der Waals surface area contributed by atoms with Gasteiger partial charge in [0.15, 0.2) is 0 Å². The van der Waals surface area contributed by atoms with Crippen molar-refractivity contribution in [1.29, 1.82) is 0 Å². The normalized spacial score (nSPS) is 11.3. The summed E-state index contributed by atoms with van der Waals surface area (Å²) in [5, 5.41) is 0. The number of halogens is 4. The highest BCUT2D eigenvalue weighted by molar-refractivity contribution is 9.10. The molecule has 2 nitrogen and oxygen atoms in total. The smallest absolute Gasteiger partial charge is 0.416 e. The van der Waals surface area contributed by atoms with E-state index in [0.717, 1.165) is 12.1 Å². The molecule has 21 heavy (non-hydrogen) atoms. The molecule has 0 aliphatic carbocycles. The summed E-state index contributed by atoms with van der Waals surface area (Å²) in [5.74, 6) is 1.28. The molecule has 0 aromatic heterocycles. The maximum Gasteiger partial charge on any atom is 0.416 e. The van der Waals surface area contributed by atoms with Gasteiger partial charge in [-0.05, 0) is 51.8 Å². The Labute approximate surface area is 128 Å². The lowest BCUT2D eigenvalue weighted by Crippen LogP contribution is -2.05. The largest absolute Gasteiger partial charge is 0.497 e. The molecule has 0 unspecified atom stereocenters. The first-order valence-corrected chi connectivity index (χ1v) is 6.82. The minimum Gasteiger partial charge on any atom is -0.497 e. The van der Waals surface area contributed by atoms with E-state index in [1.54, 1.807) is 25.3 Å². The monoisotopic (exact) mass is 360 g/mol. The molecule has 0 aliphatic rings. The van der Waals surface area contributed by atoms with Crippen LogP contribution in [0.15, 0.2) is 46.9 Å². The molecule has 6 heteroatoms. The Balaban J connectivity index is 2.03. The van der Waals surface area contributed by atoms with Crippen molar-refractivity contribution in [1.82, 2.24) is 0 Å². The molecule has 0 atom stereocenters. The summed E-state index contributed by atoms with van der Waals surface area (Å²) in [4.78, 5) is 0. The van der Waals surface area contributed by atoms with E-state index in [0.29, 0.717) is 21.5 Å². The van der Waals surface area contributed by atoms with Crippen LogP contribution in [0.5, 0.6) is 11.5 Å². The molecule has 0 saturated carbocycles. The van der Waals surface area contributed by atoms with Crippen LogP contribution in [0.2, 0.25) is 0 Å². The second-order valence-electron chi connectivity index (χ2n) is 4.28. The van der Waals surface area contributed by atoms with E-state index in [2.05, 4.69) is 15.9 Å². The van der Waals surface area contributed by atoms with Gasteiger partial charge in [0.25, 0.3) is 0 Å². The van der Waals surface area contributed by atoms with Gasteiger partial charge in [0.1, 0.15) is 18.1 Å². The summed E-state index contributed by atoms with van der Waals surface area (Å²) in [6.07, 6.45) is -4.32. The minimum absolute atomic E-state index is 0.184. The number of benzene rings is 2. The molecule has 0 aliphatic heterocycles. The Morgan fingerprint density at radius 1 is 1.05 bits per heavy atom. The van der Waals surface area contributed by atoms with E-state index in [1.165, 1.54) is 12.1 Å². The van der Waals surface area contributed by atoms with Crippen molar-refractivity contribution in [2.45, 2.75) is 12.8 Å². The molecule has 0 heterocycles. The Bertz CT molecular complexity index is 609. The maximum absolute atomic E-state index is 12.4. The highest BCUT2D eigenvalue weighted by Crippen LogP contribution is 2.31. The predicted octanol–water partition coefficient (Wildman–Crippen LogP) is 5.06. The molecule has 0 spiro atoms. The zero-order valence-corrected chi connectivity index (χ0v) is 12.7. The van der Waals surface area contributed by atoms with Crippen LogP contribution in [0.3, 0.4) is 0 Å². The summed E-state index contributed by atoms with van der Waals surface area (Å²) in [7, 11) is 1.56. The third kappa shape index (κ3) is 4.14. The summed E-state index contributed by atoms with van der Waals surface area (Å²) >= 11 is 3.35. The van der Waals surface area contributed by atoms with Crippen LogP contribution < -0.4 is 9.47 Å². The Kier molecular flexibility index (Phi) is 4.77. The molecule has 0 saturated heterocycles. The first-order valence-electron chi connectivity index (χ1n) is 6.02. The fourth-order valence-electron chi connectivity index (χ4n) is 1.68. The van der Waals surface area contributed by atoms with Crippen molar-refractivity contribution < 1.29 is 22.6 Å². The van der Waals surface area contributed by atoms with E-state index in [1.807, 2.05) is 0 Å². The lowest BCUT2D eigenvalue weighted by molar-refractivity contribution is -0.137. The molecule has 112 valence electrons. The molecule has 0 bridgehead atoms. The summed E-state index contributed by atoms with van der Waals surface area (Å²) < 4.78 is 48.7. The molecule has 0 fully saturated rings. The minimum atomic E-state index is -4.32. The van der Waals surface area contributed by atoms with Gasteiger partial charge in [0, 0.05) is 0 Å². The number of alkyl halides is 3. The van der Waals surface area contributed by atoms with Crippen LogP contribution in [0.25, 0.3) is 0 Å². The Morgan fingerprint density at radius 2 is 1.71 bits per heavy atom. The number of methoxy groups -OCH3 is 1. The number of hydrogen-bond donors (Lipinski definition) is 0. The molecule has 2 aromatic carbocycles. The lowest BCUT2D eigenvalue weighted by atomic mass is 10.1. The van der Waals surface area contributed by atoms with E-state index >= 15 is 0 Å². The standard InChI is InChI=1S/C15H12BrF3O2/c1-20-12-6-7-14(13(16)8-12)21-9-10-2-4-11(5-3-10)15(17,18)19/h2-8H,9H2,1H3. The van der Waals surface area contributed by atoms with Crippen LogP contribution in [0.4, 0.5) is 13.2 Å². The zero-order valence-electron chi connectivity index (χ0n) is 11.1. The average Bonchev–Trinajstić information content (AvgIpc) is 2.45. The fourth-order valence-corrected chi connectivity index (χ4v) is 2.15. The van der Waals surface area contributed by atoms with Gasteiger partial charge in [0.2, 0.25) is 0 Å². The molecule has 2 aromatic rings. The Morgan fingerprint density at radius 3 is 2.24 bits per heavy atom. The number of ether oxygens (including phenoxy) is 2. The molecule has 2 rings (SSSR count). The highest BCUT2D eigenvalue weighted by atomic mass is 79.9. The van der Waals surface area contributed by atoms with Gasteiger partial charge in [-0.2, -0.15) is 13.2 Å².